The molecule has 3 heteroatoms. The van der Waals surface area contributed by atoms with E-state index in [-0.39, 0.29) is 5.54 Å². The molecule has 0 aliphatic heterocycles. The lowest BCUT2D eigenvalue weighted by molar-refractivity contribution is -0.870. The first kappa shape index (κ1) is 13.3. The minimum Gasteiger partial charge on any atom is -0.331 e. The zero-order chi connectivity index (χ0) is 11.4. The fraction of sp³-hybridized carbons (Fsp3) is 1.00. The van der Waals surface area contributed by atoms with Crippen molar-refractivity contribution < 1.29 is 4.48 Å². The van der Waals surface area contributed by atoms with Crippen molar-refractivity contribution in [1.82, 2.24) is 4.84 Å². The van der Waals surface area contributed by atoms with Crippen LogP contribution in [0.1, 0.15) is 44.9 Å². The summed E-state index contributed by atoms with van der Waals surface area (Å²) in [6.45, 7) is 1.24. The molecule has 0 radical (unpaired) electrons. The Balaban J connectivity index is 2.33. The molecule has 0 heterocycles. The summed E-state index contributed by atoms with van der Waals surface area (Å²) in [5.74, 6) is 0. The Bertz CT molecular complexity index is 181. The fourth-order valence-electron chi connectivity index (χ4n) is 2.51. The second kappa shape index (κ2) is 5.51. The Morgan fingerprint density at radius 2 is 1.73 bits per heavy atom. The van der Waals surface area contributed by atoms with Gasteiger partial charge in [0.25, 0.3) is 0 Å². The molecule has 15 heavy (non-hydrogen) atoms. The van der Waals surface area contributed by atoms with Crippen molar-refractivity contribution in [2.24, 2.45) is 0 Å². The maximum absolute atomic E-state index is 5.93. The second-order valence-corrected chi connectivity index (χ2v) is 6.24. The average molecular weight is 234 g/mol. The summed E-state index contributed by atoms with van der Waals surface area (Å²) in [6, 6.07) is 0. The third kappa shape index (κ3) is 4.71. The van der Waals surface area contributed by atoms with Gasteiger partial charge < -0.3 is 4.48 Å². The minimum absolute atomic E-state index is 0.245. The molecule has 0 saturated heterocycles. The molecule has 0 amide bonds. The fourth-order valence-corrected chi connectivity index (χ4v) is 2.80. The lowest BCUT2D eigenvalue weighted by atomic mass is 9.79. The molecule has 2 nitrogen and oxygen atoms in total. The maximum atomic E-state index is 5.93. The van der Waals surface area contributed by atoms with E-state index in [1.54, 1.807) is 0 Å². The Morgan fingerprint density at radius 3 is 2.20 bits per heavy atom. The van der Waals surface area contributed by atoms with Gasteiger partial charge in [0.15, 0.2) is 0 Å². The van der Waals surface area contributed by atoms with Gasteiger partial charge in [0.05, 0.1) is 27.7 Å². The van der Waals surface area contributed by atoms with Gasteiger partial charge in [-0.2, -0.15) is 0 Å². The van der Waals surface area contributed by atoms with Crippen LogP contribution in [0.25, 0.3) is 0 Å². The number of hydrogen-bond acceptors (Lipinski definition) is 1. The predicted octanol–water partition coefficient (Wildman–Crippen LogP) is 2.92. The molecule has 0 aromatic carbocycles. The van der Waals surface area contributed by atoms with Gasteiger partial charge >= 0.3 is 0 Å². The van der Waals surface area contributed by atoms with Crippen LogP contribution in [-0.4, -0.2) is 37.7 Å². The Hall–Kier alpha value is 0.210. The highest BCUT2D eigenvalue weighted by Gasteiger charge is 2.31. The molecule has 1 N–H and O–H groups in total. The lowest BCUT2D eigenvalue weighted by Gasteiger charge is -2.36. The van der Waals surface area contributed by atoms with Crippen molar-refractivity contribution in [3.8, 4) is 0 Å². The Kier molecular flexibility index (Phi) is 4.88. The van der Waals surface area contributed by atoms with Crippen LogP contribution < -0.4 is 4.84 Å². The maximum Gasteiger partial charge on any atom is 0.0781 e. The summed E-state index contributed by atoms with van der Waals surface area (Å²) in [5, 5.41) is 0. The van der Waals surface area contributed by atoms with E-state index >= 15 is 0 Å². The molecule has 0 bridgehead atoms. The quantitative estimate of drug-likeness (QED) is 0.569. The Labute approximate surface area is 99.7 Å². The number of nitrogens with zero attached hydrogens (tertiary/aromatic N) is 1. The van der Waals surface area contributed by atoms with Crippen LogP contribution in [-0.2, 0) is 0 Å². The third-order valence-corrected chi connectivity index (χ3v) is 3.90. The molecule has 0 unspecified atom stereocenters. The molecule has 1 saturated carbocycles. The molecular formula is C12H26ClN2+. The zero-order valence-electron chi connectivity index (χ0n) is 10.5. The summed E-state index contributed by atoms with van der Waals surface area (Å²) < 4.78 is 1.05. The van der Waals surface area contributed by atoms with Crippen LogP contribution in [0, 0.1) is 0 Å². The molecule has 1 aliphatic rings. The number of quaternary nitrogens is 1. The molecule has 0 atom stereocenters. The van der Waals surface area contributed by atoms with Gasteiger partial charge in [-0.25, -0.2) is 4.84 Å². The lowest BCUT2D eigenvalue weighted by Crippen LogP contribution is -2.43. The molecule has 0 aromatic rings. The normalized spacial score (nSPS) is 21.6. The van der Waals surface area contributed by atoms with Gasteiger partial charge in [-0.3, -0.25) is 0 Å². The van der Waals surface area contributed by atoms with Gasteiger partial charge in [-0.05, 0) is 37.5 Å². The summed E-state index contributed by atoms with van der Waals surface area (Å²) >= 11 is 5.93. The van der Waals surface area contributed by atoms with E-state index in [4.69, 9.17) is 11.8 Å². The van der Waals surface area contributed by atoms with Crippen molar-refractivity contribution in [3.63, 3.8) is 0 Å². The smallest absolute Gasteiger partial charge is 0.0781 e. The minimum atomic E-state index is 0.245. The van der Waals surface area contributed by atoms with Gasteiger partial charge in [0.2, 0.25) is 0 Å². The van der Waals surface area contributed by atoms with Gasteiger partial charge in [0, 0.05) is 5.54 Å². The van der Waals surface area contributed by atoms with E-state index in [0.717, 1.165) is 4.48 Å². The van der Waals surface area contributed by atoms with Crippen LogP contribution in [0.15, 0.2) is 0 Å². The highest BCUT2D eigenvalue weighted by molar-refractivity contribution is 6.13. The first-order chi connectivity index (χ1) is 6.97. The van der Waals surface area contributed by atoms with E-state index in [2.05, 4.69) is 26.0 Å². The van der Waals surface area contributed by atoms with Crippen LogP contribution in [0.3, 0.4) is 0 Å². The number of hydrogen-bond donors (Lipinski definition) is 1. The summed E-state index contributed by atoms with van der Waals surface area (Å²) in [5.41, 5.74) is 0.245. The van der Waals surface area contributed by atoms with E-state index in [0.29, 0.717) is 0 Å². The average Bonchev–Trinajstić information content (AvgIpc) is 2.17. The SMILES string of the molecule is C[N+](C)(C)CCCC1(NCl)CCCCC1. The number of rotatable bonds is 5. The molecule has 90 valence electrons. The van der Waals surface area contributed by atoms with Crippen molar-refractivity contribution >= 4 is 11.8 Å². The number of halogens is 1. The van der Waals surface area contributed by atoms with E-state index in [1.807, 2.05) is 0 Å². The van der Waals surface area contributed by atoms with Crippen LogP contribution in [0.5, 0.6) is 0 Å². The Morgan fingerprint density at radius 1 is 1.13 bits per heavy atom. The molecule has 0 aromatic heterocycles. The van der Waals surface area contributed by atoms with Crippen molar-refractivity contribution in [2.45, 2.75) is 50.5 Å². The van der Waals surface area contributed by atoms with Gasteiger partial charge in [-0.15, -0.1) is 0 Å². The van der Waals surface area contributed by atoms with E-state index < -0.39 is 0 Å². The summed E-state index contributed by atoms with van der Waals surface area (Å²) in [4.78, 5) is 3.07. The zero-order valence-corrected chi connectivity index (χ0v) is 11.2. The van der Waals surface area contributed by atoms with Crippen LogP contribution in [0.2, 0.25) is 0 Å². The number of nitrogens with one attached hydrogen (secondary N) is 1. The topological polar surface area (TPSA) is 12.0 Å². The molecule has 0 spiro atoms. The van der Waals surface area contributed by atoms with Gasteiger partial charge in [0.1, 0.15) is 0 Å². The van der Waals surface area contributed by atoms with Gasteiger partial charge in [-0.1, -0.05) is 19.3 Å². The van der Waals surface area contributed by atoms with E-state index in [9.17, 15) is 0 Å². The third-order valence-electron chi connectivity index (χ3n) is 3.50. The van der Waals surface area contributed by atoms with Crippen LogP contribution in [0.4, 0.5) is 0 Å². The van der Waals surface area contributed by atoms with E-state index in [1.165, 1.54) is 51.5 Å². The molecule has 1 aliphatic carbocycles. The standard InChI is InChI=1S/C12H26ClN2/c1-15(2,3)11-7-10-12(14-13)8-5-4-6-9-12/h14H,4-11H2,1-3H3/q+1. The monoisotopic (exact) mass is 233 g/mol. The molecule has 1 fully saturated rings. The largest absolute Gasteiger partial charge is 0.331 e. The highest BCUT2D eigenvalue weighted by atomic mass is 35.5. The van der Waals surface area contributed by atoms with Crippen molar-refractivity contribution in [3.05, 3.63) is 0 Å². The first-order valence-electron chi connectivity index (χ1n) is 6.16. The first-order valence-corrected chi connectivity index (χ1v) is 6.54. The summed E-state index contributed by atoms with van der Waals surface area (Å²) in [6.07, 6.45) is 9.07. The predicted molar refractivity (Wildman–Crippen MR) is 66.9 cm³/mol. The van der Waals surface area contributed by atoms with Crippen molar-refractivity contribution in [1.29, 1.82) is 0 Å². The second-order valence-electron chi connectivity index (χ2n) is 6.05. The summed E-state index contributed by atoms with van der Waals surface area (Å²) in [7, 11) is 6.75. The highest BCUT2D eigenvalue weighted by Crippen LogP contribution is 2.32. The molecule has 1 rings (SSSR count). The molecular weight excluding hydrogens is 208 g/mol. The van der Waals surface area contributed by atoms with Crippen molar-refractivity contribution in [2.75, 3.05) is 27.7 Å². The van der Waals surface area contributed by atoms with Crippen LogP contribution >= 0.6 is 11.8 Å².